The fraction of sp³-hybridized carbons (Fsp3) is 0.0476. The summed E-state index contributed by atoms with van der Waals surface area (Å²) in [5.41, 5.74) is 0.539. The lowest BCUT2D eigenvalue weighted by Crippen LogP contribution is -2.32. The molecule has 1 aliphatic rings. The number of amidine groups is 1. The standard InChI is InChI=1S/C21H16ClN5O4S/c22-16-10-12(7-9-23-16)11-27-20-13(4-3-8-24-20)18(28)17(21(27)29)19-25-14-5-1-2-6-15(14)32(30,31)26-19/h1-10,28,30-31H,11H2,(H,25,26). The van der Waals surface area contributed by atoms with Crippen LogP contribution in [0, 0.1) is 0 Å². The Kier molecular flexibility index (Phi) is 4.86. The quantitative estimate of drug-likeness (QED) is 0.332. The summed E-state index contributed by atoms with van der Waals surface area (Å²) in [4.78, 5) is 22.0. The minimum absolute atomic E-state index is 0.0992. The maximum atomic E-state index is 13.6. The molecule has 0 bridgehead atoms. The third-order valence-electron chi connectivity index (χ3n) is 5.02. The van der Waals surface area contributed by atoms with E-state index >= 15 is 0 Å². The number of fused-ring (bicyclic) bond motifs is 2. The smallest absolute Gasteiger partial charge is 0.267 e. The number of para-hydroxylation sites is 1. The number of aromatic hydroxyl groups is 1. The fourth-order valence-electron chi connectivity index (χ4n) is 3.59. The number of hydrogen-bond donors (Lipinski definition) is 4. The molecule has 0 spiro atoms. The van der Waals surface area contributed by atoms with Gasteiger partial charge in [-0.1, -0.05) is 34.5 Å². The number of anilines is 1. The molecule has 1 aliphatic heterocycles. The molecule has 0 atom stereocenters. The van der Waals surface area contributed by atoms with Gasteiger partial charge in [0.2, 0.25) is 0 Å². The number of pyridine rings is 3. The molecule has 0 saturated heterocycles. The SMILES string of the molecule is O=c1c(C2=NS(O)(O)c3ccccc3N2)c(O)c2cccnc2n1Cc1ccnc(Cl)c1. The predicted octanol–water partition coefficient (Wildman–Crippen LogP) is 4.10. The van der Waals surface area contributed by atoms with Crippen LogP contribution >= 0.6 is 22.4 Å². The van der Waals surface area contributed by atoms with E-state index in [0.29, 0.717) is 16.6 Å². The van der Waals surface area contributed by atoms with Crippen molar-refractivity contribution >= 4 is 44.9 Å². The Hall–Kier alpha value is -3.44. The van der Waals surface area contributed by atoms with Gasteiger partial charge in [0.25, 0.3) is 5.56 Å². The summed E-state index contributed by atoms with van der Waals surface area (Å²) in [6.07, 6.45) is 3.04. The molecule has 4 aromatic rings. The highest BCUT2D eigenvalue weighted by molar-refractivity contribution is 8.23. The lowest BCUT2D eigenvalue weighted by Gasteiger charge is -2.34. The second kappa shape index (κ2) is 7.61. The molecular weight excluding hydrogens is 454 g/mol. The zero-order chi connectivity index (χ0) is 22.5. The van der Waals surface area contributed by atoms with Crippen LogP contribution in [0.4, 0.5) is 5.69 Å². The Morgan fingerprint density at radius 1 is 1.06 bits per heavy atom. The van der Waals surface area contributed by atoms with Gasteiger partial charge in [0.15, 0.2) is 5.84 Å². The van der Waals surface area contributed by atoms with E-state index in [4.69, 9.17) is 11.6 Å². The summed E-state index contributed by atoms with van der Waals surface area (Å²) in [5.74, 6) is -0.499. The number of rotatable bonds is 3. The normalized spacial score (nSPS) is 15.5. The third kappa shape index (κ3) is 3.39. The van der Waals surface area contributed by atoms with Crippen molar-refractivity contribution in [3.8, 4) is 5.75 Å². The molecule has 4 heterocycles. The number of hydrogen-bond acceptors (Lipinski definition) is 8. The first-order valence-electron chi connectivity index (χ1n) is 9.40. The molecule has 3 aromatic heterocycles. The third-order valence-corrected chi connectivity index (χ3v) is 6.61. The summed E-state index contributed by atoms with van der Waals surface area (Å²) < 4.78 is 26.5. The van der Waals surface area contributed by atoms with Gasteiger partial charge in [0.05, 0.1) is 17.6 Å². The Labute approximate surface area is 188 Å². The first-order chi connectivity index (χ1) is 15.3. The van der Waals surface area contributed by atoms with Crippen molar-refractivity contribution in [3.63, 3.8) is 0 Å². The van der Waals surface area contributed by atoms with E-state index in [0.717, 1.165) is 0 Å². The molecule has 0 aliphatic carbocycles. The molecular formula is C21H16ClN5O4S. The summed E-state index contributed by atoms with van der Waals surface area (Å²) in [6, 6.07) is 13.1. The van der Waals surface area contributed by atoms with E-state index in [1.54, 1.807) is 42.5 Å². The van der Waals surface area contributed by atoms with Gasteiger partial charge >= 0.3 is 0 Å². The van der Waals surface area contributed by atoms with Gasteiger partial charge in [-0.05, 0) is 42.0 Å². The van der Waals surface area contributed by atoms with Crippen molar-refractivity contribution in [2.75, 3.05) is 5.32 Å². The Bertz CT molecular complexity index is 1470. The van der Waals surface area contributed by atoms with Crippen molar-refractivity contribution in [2.24, 2.45) is 4.40 Å². The van der Waals surface area contributed by atoms with Gasteiger partial charge in [-0.2, -0.15) is 0 Å². The van der Waals surface area contributed by atoms with Crippen LogP contribution in [0.25, 0.3) is 11.0 Å². The first-order valence-corrected chi connectivity index (χ1v) is 11.3. The van der Waals surface area contributed by atoms with Crippen LogP contribution in [0.5, 0.6) is 5.75 Å². The molecule has 162 valence electrons. The van der Waals surface area contributed by atoms with Crippen molar-refractivity contribution < 1.29 is 14.2 Å². The van der Waals surface area contributed by atoms with E-state index in [-0.39, 0.29) is 39.4 Å². The highest BCUT2D eigenvalue weighted by Crippen LogP contribution is 2.55. The average molecular weight is 470 g/mol. The van der Waals surface area contributed by atoms with E-state index in [1.165, 1.54) is 23.0 Å². The van der Waals surface area contributed by atoms with E-state index in [9.17, 15) is 19.0 Å². The lowest BCUT2D eigenvalue weighted by molar-refractivity contribution is 0.477. The van der Waals surface area contributed by atoms with Crippen molar-refractivity contribution in [1.29, 1.82) is 0 Å². The predicted molar refractivity (Wildman–Crippen MR) is 124 cm³/mol. The maximum Gasteiger partial charge on any atom is 0.267 e. The number of nitrogens with one attached hydrogen (secondary N) is 1. The van der Waals surface area contributed by atoms with E-state index in [2.05, 4.69) is 19.7 Å². The minimum atomic E-state index is -3.58. The number of benzene rings is 1. The van der Waals surface area contributed by atoms with Gasteiger partial charge in [-0.3, -0.25) is 18.5 Å². The molecule has 0 saturated carbocycles. The summed E-state index contributed by atoms with van der Waals surface area (Å²) in [5, 5.41) is 14.5. The summed E-state index contributed by atoms with van der Waals surface area (Å²) in [7, 11) is -3.58. The molecule has 0 fully saturated rings. The molecule has 11 heteroatoms. The van der Waals surface area contributed by atoms with Crippen LogP contribution in [-0.4, -0.2) is 34.6 Å². The molecule has 0 amide bonds. The number of nitrogens with zero attached hydrogens (tertiary/aromatic N) is 4. The van der Waals surface area contributed by atoms with Crippen LogP contribution in [0.1, 0.15) is 11.1 Å². The van der Waals surface area contributed by atoms with Gasteiger partial charge in [0, 0.05) is 12.4 Å². The second-order valence-electron chi connectivity index (χ2n) is 7.06. The Balaban J connectivity index is 1.75. The Morgan fingerprint density at radius 3 is 2.69 bits per heavy atom. The second-order valence-corrected chi connectivity index (χ2v) is 9.10. The molecule has 5 rings (SSSR count). The zero-order valence-electron chi connectivity index (χ0n) is 16.3. The van der Waals surface area contributed by atoms with Crippen molar-refractivity contribution in [2.45, 2.75) is 11.4 Å². The topological polar surface area (TPSA) is 133 Å². The van der Waals surface area contributed by atoms with Crippen LogP contribution < -0.4 is 10.9 Å². The summed E-state index contributed by atoms with van der Waals surface area (Å²) >= 11 is 5.99. The largest absolute Gasteiger partial charge is 0.506 e. The van der Waals surface area contributed by atoms with Gasteiger partial charge < -0.3 is 10.4 Å². The minimum Gasteiger partial charge on any atom is -0.506 e. The van der Waals surface area contributed by atoms with Crippen LogP contribution in [-0.2, 0) is 6.54 Å². The average Bonchev–Trinajstić information content (AvgIpc) is 2.76. The van der Waals surface area contributed by atoms with Gasteiger partial charge in [-0.25, -0.2) is 9.97 Å². The van der Waals surface area contributed by atoms with E-state index in [1.807, 2.05) is 0 Å². The monoisotopic (exact) mass is 469 g/mol. The lowest BCUT2D eigenvalue weighted by atomic mass is 10.1. The van der Waals surface area contributed by atoms with Gasteiger partial charge in [0.1, 0.15) is 27.0 Å². The highest BCUT2D eigenvalue weighted by atomic mass is 35.5. The van der Waals surface area contributed by atoms with Crippen molar-refractivity contribution in [1.82, 2.24) is 14.5 Å². The fourth-order valence-corrected chi connectivity index (χ4v) is 4.95. The number of aromatic nitrogens is 3. The first kappa shape index (κ1) is 20.5. The molecule has 9 nitrogen and oxygen atoms in total. The number of halogens is 1. The van der Waals surface area contributed by atoms with Crippen molar-refractivity contribution in [3.05, 3.63) is 87.6 Å². The molecule has 4 N–H and O–H groups in total. The zero-order valence-corrected chi connectivity index (χ0v) is 17.9. The van der Waals surface area contributed by atoms with E-state index < -0.39 is 16.3 Å². The molecule has 1 aromatic carbocycles. The van der Waals surface area contributed by atoms with Crippen LogP contribution in [0.15, 0.2) is 75.0 Å². The van der Waals surface area contributed by atoms with Gasteiger partial charge in [-0.15, -0.1) is 4.40 Å². The molecule has 32 heavy (non-hydrogen) atoms. The summed E-state index contributed by atoms with van der Waals surface area (Å²) in [6.45, 7) is 0.0992. The highest BCUT2D eigenvalue weighted by Gasteiger charge is 2.30. The Morgan fingerprint density at radius 2 is 1.88 bits per heavy atom. The van der Waals surface area contributed by atoms with Crippen LogP contribution in [0.2, 0.25) is 5.15 Å². The molecule has 0 unspecified atom stereocenters. The van der Waals surface area contributed by atoms with Crippen LogP contribution in [0.3, 0.4) is 0 Å². The molecule has 0 radical (unpaired) electrons. The maximum absolute atomic E-state index is 13.6.